The first kappa shape index (κ1) is 14.2. The fraction of sp³-hybridized carbons (Fsp3) is 0.462. The maximum absolute atomic E-state index is 11.7. The molecule has 0 unspecified atom stereocenters. The number of hydrogen-bond acceptors (Lipinski definition) is 5. The van der Waals surface area contributed by atoms with Crippen molar-refractivity contribution in [3.05, 3.63) is 17.7 Å². The van der Waals surface area contributed by atoms with Crippen LogP contribution in [-0.2, 0) is 4.74 Å². The molecule has 0 radical (unpaired) electrons. The molecular formula is C13H20N2O3. The Morgan fingerprint density at radius 1 is 1.00 bits per heavy atom. The molecule has 0 spiro atoms. The third kappa shape index (κ3) is 2.67. The lowest BCUT2D eigenvalue weighted by molar-refractivity contribution is 0.0601. The van der Waals surface area contributed by atoms with E-state index in [9.17, 15) is 4.79 Å². The summed E-state index contributed by atoms with van der Waals surface area (Å²) in [5, 5.41) is 0. The zero-order valence-corrected chi connectivity index (χ0v) is 11.8. The monoisotopic (exact) mass is 252 g/mol. The summed E-state index contributed by atoms with van der Waals surface area (Å²) in [5.74, 6) is 0.376. The normalized spacial score (nSPS) is 9.89. The van der Waals surface area contributed by atoms with Crippen LogP contribution >= 0.6 is 0 Å². The summed E-state index contributed by atoms with van der Waals surface area (Å²) in [5.41, 5.74) is 2.18. The highest BCUT2D eigenvalue weighted by Crippen LogP contribution is 2.38. The predicted octanol–water partition coefficient (Wildman–Crippen LogP) is 1.61. The molecule has 0 aromatic heterocycles. The molecule has 0 aliphatic heterocycles. The number of methoxy groups -OCH3 is 2. The Labute approximate surface area is 108 Å². The highest BCUT2D eigenvalue weighted by molar-refractivity contribution is 5.94. The van der Waals surface area contributed by atoms with Crippen LogP contribution in [0.25, 0.3) is 0 Å². The smallest absolute Gasteiger partial charge is 0.338 e. The van der Waals surface area contributed by atoms with E-state index in [1.54, 1.807) is 19.2 Å². The average Bonchev–Trinajstić information content (AvgIpc) is 2.35. The Kier molecular flexibility index (Phi) is 4.42. The molecule has 100 valence electrons. The van der Waals surface area contributed by atoms with Gasteiger partial charge in [-0.3, -0.25) is 0 Å². The lowest BCUT2D eigenvalue weighted by Crippen LogP contribution is -2.17. The molecule has 0 fully saturated rings. The van der Waals surface area contributed by atoms with Crippen LogP contribution in [0.2, 0.25) is 0 Å². The molecule has 1 aromatic carbocycles. The second kappa shape index (κ2) is 5.62. The van der Waals surface area contributed by atoms with Crippen LogP contribution in [0.15, 0.2) is 12.1 Å². The van der Waals surface area contributed by atoms with Gasteiger partial charge in [-0.1, -0.05) is 0 Å². The number of ether oxygens (including phenoxy) is 2. The first-order valence-electron chi connectivity index (χ1n) is 5.57. The molecule has 0 aliphatic carbocycles. The van der Waals surface area contributed by atoms with E-state index in [4.69, 9.17) is 9.47 Å². The summed E-state index contributed by atoms with van der Waals surface area (Å²) >= 11 is 0. The Morgan fingerprint density at radius 2 is 1.44 bits per heavy atom. The molecule has 0 bridgehead atoms. The zero-order valence-electron chi connectivity index (χ0n) is 11.8. The van der Waals surface area contributed by atoms with Crippen molar-refractivity contribution in [3.8, 4) is 5.75 Å². The number of carbonyl (C=O) groups is 1. The molecule has 1 rings (SSSR count). The topological polar surface area (TPSA) is 42.0 Å². The minimum Gasteiger partial charge on any atom is -0.492 e. The second-order valence-electron chi connectivity index (χ2n) is 4.33. The molecule has 0 atom stereocenters. The average molecular weight is 252 g/mol. The molecule has 18 heavy (non-hydrogen) atoms. The number of anilines is 2. The highest BCUT2D eigenvalue weighted by atomic mass is 16.5. The predicted molar refractivity (Wildman–Crippen MR) is 73.0 cm³/mol. The van der Waals surface area contributed by atoms with Crippen LogP contribution in [0.3, 0.4) is 0 Å². The van der Waals surface area contributed by atoms with Crippen LogP contribution in [0.4, 0.5) is 11.4 Å². The SMILES string of the molecule is COC(=O)c1cc(N(C)C)c(OC)c(N(C)C)c1. The van der Waals surface area contributed by atoms with E-state index in [0.717, 1.165) is 17.1 Å². The van der Waals surface area contributed by atoms with Gasteiger partial charge in [0, 0.05) is 28.2 Å². The van der Waals surface area contributed by atoms with Gasteiger partial charge < -0.3 is 19.3 Å². The van der Waals surface area contributed by atoms with Crippen molar-refractivity contribution in [1.82, 2.24) is 0 Å². The Hall–Kier alpha value is -1.91. The minimum absolute atomic E-state index is 0.358. The summed E-state index contributed by atoms with van der Waals surface area (Å²) in [7, 11) is 10.6. The first-order chi connectivity index (χ1) is 8.42. The van der Waals surface area contributed by atoms with Crippen molar-refractivity contribution in [2.75, 3.05) is 52.2 Å². The van der Waals surface area contributed by atoms with E-state index in [-0.39, 0.29) is 5.97 Å². The lowest BCUT2D eigenvalue weighted by Gasteiger charge is -2.23. The summed E-state index contributed by atoms with van der Waals surface area (Å²) < 4.78 is 10.2. The molecule has 0 saturated heterocycles. The Bertz CT molecular complexity index is 413. The third-order valence-corrected chi connectivity index (χ3v) is 2.64. The van der Waals surface area contributed by atoms with Gasteiger partial charge in [0.25, 0.3) is 0 Å². The van der Waals surface area contributed by atoms with Crippen LogP contribution in [-0.4, -0.2) is 48.4 Å². The Morgan fingerprint density at radius 3 is 1.72 bits per heavy atom. The lowest BCUT2D eigenvalue weighted by atomic mass is 10.1. The molecule has 5 nitrogen and oxygen atoms in total. The number of rotatable bonds is 4. The van der Waals surface area contributed by atoms with Gasteiger partial charge in [0.2, 0.25) is 0 Å². The number of nitrogens with zero attached hydrogens (tertiary/aromatic N) is 2. The zero-order chi connectivity index (χ0) is 13.9. The Balaban J connectivity index is 3.48. The number of esters is 1. The molecule has 0 amide bonds. The minimum atomic E-state index is -0.358. The molecule has 0 saturated carbocycles. The van der Waals surface area contributed by atoms with E-state index < -0.39 is 0 Å². The van der Waals surface area contributed by atoms with E-state index in [0.29, 0.717) is 5.56 Å². The van der Waals surface area contributed by atoms with Crippen LogP contribution < -0.4 is 14.5 Å². The second-order valence-corrected chi connectivity index (χ2v) is 4.33. The van der Waals surface area contributed by atoms with Crippen molar-refractivity contribution >= 4 is 17.3 Å². The van der Waals surface area contributed by atoms with E-state index >= 15 is 0 Å². The standard InChI is InChI=1S/C13H20N2O3/c1-14(2)10-7-9(13(16)18-6)8-11(15(3)4)12(10)17-5/h7-8H,1-6H3. The van der Waals surface area contributed by atoms with Gasteiger partial charge in [0.05, 0.1) is 31.2 Å². The van der Waals surface area contributed by atoms with Gasteiger partial charge in [-0.05, 0) is 12.1 Å². The molecule has 0 aliphatic rings. The van der Waals surface area contributed by atoms with Crippen LogP contribution in [0.1, 0.15) is 10.4 Å². The van der Waals surface area contributed by atoms with E-state index in [2.05, 4.69) is 0 Å². The summed E-state index contributed by atoms with van der Waals surface area (Å²) in [6, 6.07) is 3.52. The highest BCUT2D eigenvalue weighted by Gasteiger charge is 2.18. The number of hydrogen-bond donors (Lipinski definition) is 0. The third-order valence-electron chi connectivity index (χ3n) is 2.64. The van der Waals surface area contributed by atoms with Crippen molar-refractivity contribution in [2.45, 2.75) is 0 Å². The van der Waals surface area contributed by atoms with E-state index in [1.165, 1.54) is 7.11 Å². The summed E-state index contributed by atoms with van der Waals surface area (Å²) in [4.78, 5) is 15.5. The van der Waals surface area contributed by atoms with Crippen molar-refractivity contribution in [1.29, 1.82) is 0 Å². The maximum atomic E-state index is 11.7. The molecule has 1 aromatic rings. The maximum Gasteiger partial charge on any atom is 0.338 e. The summed E-state index contributed by atoms with van der Waals surface area (Å²) in [6.45, 7) is 0. The van der Waals surface area contributed by atoms with Gasteiger partial charge in [-0.25, -0.2) is 4.79 Å². The fourth-order valence-corrected chi connectivity index (χ4v) is 1.71. The quantitative estimate of drug-likeness (QED) is 0.762. The van der Waals surface area contributed by atoms with E-state index in [1.807, 2.05) is 38.0 Å². The molecular weight excluding hydrogens is 232 g/mol. The van der Waals surface area contributed by atoms with Gasteiger partial charge in [-0.2, -0.15) is 0 Å². The van der Waals surface area contributed by atoms with Gasteiger partial charge in [0.15, 0.2) is 5.75 Å². The molecule has 0 heterocycles. The van der Waals surface area contributed by atoms with Crippen LogP contribution in [0.5, 0.6) is 5.75 Å². The van der Waals surface area contributed by atoms with Crippen molar-refractivity contribution in [3.63, 3.8) is 0 Å². The fourth-order valence-electron chi connectivity index (χ4n) is 1.71. The summed E-state index contributed by atoms with van der Waals surface area (Å²) in [6.07, 6.45) is 0. The van der Waals surface area contributed by atoms with Crippen LogP contribution in [0, 0.1) is 0 Å². The van der Waals surface area contributed by atoms with Crippen molar-refractivity contribution in [2.24, 2.45) is 0 Å². The van der Waals surface area contributed by atoms with Gasteiger partial charge in [-0.15, -0.1) is 0 Å². The van der Waals surface area contributed by atoms with Gasteiger partial charge >= 0.3 is 5.97 Å². The molecule has 5 heteroatoms. The first-order valence-corrected chi connectivity index (χ1v) is 5.57. The molecule has 0 N–H and O–H groups in total. The van der Waals surface area contributed by atoms with Gasteiger partial charge in [0.1, 0.15) is 0 Å². The number of carbonyl (C=O) groups excluding carboxylic acids is 1. The number of benzene rings is 1. The van der Waals surface area contributed by atoms with Crippen molar-refractivity contribution < 1.29 is 14.3 Å². The largest absolute Gasteiger partial charge is 0.492 e.